The van der Waals surface area contributed by atoms with Crippen molar-refractivity contribution in [3.63, 3.8) is 0 Å². The summed E-state index contributed by atoms with van der Waals surface area (Å²) in [5, 5.41) is 12.2. The highest BCUT2D eigenvalue weighted by Crippen LogP contribution is 2.27. The molecule has 7 nitrogen and oxygen atoms in total. The molecule has 3 aromatic rings. The zero-order valence-electron chi connectivity index (χ0n) is 17.2. The lowest BCUT2D eigenvalue weighted by molar-refractivity contribution is -0.0284. The molecule has 1 saturated heterocycles. The lowest BCUT2D eigenvalue weighted by atomic mass is 9.91. The van der Waals surface area contributed by atoms with Gasteiger partial charge in [-0.05, 0) is 25.0 Å². The Hall–Kier alpha value is -2.80. The standard InChI is InChI=1S/C22H27N5O2/c1-21(2,3)20-24-12-17(13-25-20)19(28)26-10-6-22(29,7-11-26)15-27-9-5-16-4-8-23-14-18(16)27/h4-5,8-9,12-14,29H,6-7,10-11,15H2,1-3H3. The van der Waals surface area contributed by atoms with E-state index in [1.165, 1.54) is 0 Å². The van der Waals surface area contributed by atoms with Crippen molar-refractivity contribution in [2.75, 3.05) is 13.1 Å². The molecule has 0 bridgehead atoms. The number of aromatic nitrogens is 4. The predicted molar refractivity (Wildman–Crippen MR) is 111 cm³/mol. The molecule has 4 rings (SSSR count). The van der Waals surface area contributed by atoms with E-state index in [1.807, 2.05) is 49.9 Å². The molecule has 1 aliphatic heterocycles. The van der Waals surface area contributed by atoms with Crippen molar-refractivity contribution < 1.29 is 9.90 Å². The van der Waals surface area contributed by atoms with Gasteiger partial charge in [0.2, 0.25) is 0 Å². The number of rotatable bonds is 3. The van der Waals surface area contributed by atoms with Crippen LogP contribution in [0.5, 0.6) is 0 Å². The summed E-state index contributed by atoms with van der Waals surface area (Å²) >= 11 is 0. The number of aliphatic hydroxyl groups is 1. The van der Waals surface area contributed by atoms with Crippen LogP contribution in [-0.4, -0.2) is 54.1 Å². The third-order valence-electron chi connectivity index (χ3n) is 5.59. The molecule has 4 heterocycles. The number of nitrogens with zero attached hydrogens (tertiary/aromatic N) is 5. The number of amides is 1. The van der Waals surface area contributed by atoms with Gasteiger partial charge in [0.1, 0.15) is 5.82 Å². The molecule has 3 aromatic heterocycles. The van der Waals surface area contributed by atoms with Crippen LogP contribution in [0.4, 0.5) is 0 Å². The molecule has 0 unspecified atom stereocenters. The fourth-order valence-corrected chi connectivity index (χ4v) is 3.78. The smallest absolute Gasteiger partial charge is 0.256 e. The number of piperidine rings is 1. The molecule has 7 heteroatoms. The first-order chi connectivity index (χ1) is 13.8. The van der Waals surface area contributed by atoms with E-state index in [2.05, 4.69) is 15.0 Å². The van der Waals surface area contributed by atoms with Crippen molar-refractivity contribution in [1.82, 2.24) is 24.4 Å². The van der Waals surface area contributed by atoms with Crippen LogP contribution in [-0.2, 0) is 12.0 Å². The number of hydrogen-bond acceptors (Lipinski definition) is 5. The lowest BCUT2D eigenvalue weighted by Crippen LogP contribution is -2.48. The number of likely N-dealkylation sites (tertiary alicyclic amines) is 1. The number of fused-ring (bicyclic) bond motifs is 1. The van der Waals surface area contributed by atoms with Crippen molar-refractivity contribution >= 4 is 16.8 Å². The Bertz CT molecular complexity index is 1010. The van der Waals surface area contributed by atoms with Crippen LogP contribution >= 0.6 is 0 Å². The monoisotopic (exact) mass is 393 g/mol. The molecular weight excluding hydrogens is 366 g/mol. The van der Waals surface area contributed by atoms with E-state index in [9.17, 15) is 9.90 Å². The first-order valence-corrected chi connectivity index (χ1v) is 9.98. The zero-order chi connectivity index (χ0) is 20.6. The Labute approximate surface area is 170 Å². The molecule has 0 atom stereocenters. The van der Waals surface area contributed by atoms with E-state index in [-0.39, 0.29) is 11.3 Å². The SMILES string of the molecule is CC(C)(C)c1ncc(C(=O)N2CCC(O)(Cn3ccc4ccncc43)CC2)cn1. The molecule has 29 heavy (non-hydrogen) atoms. The van der Waals surface area contributed by atoms with E-state index in [0.29, 0.717) is 38.0 Å². The van der Waals surface area contributed by atoms with Crippen LogP contribution in [0.1, 0.15) is 49.8 Å². The highest BCUT2D eigenvalue weighted by Gasteiger charge is 2.35. The average Bonchev–Trinajstić information content (AvgIpc) is 3.10. The fraction of sp³-hybridized carbons (Fsp3) is 0.455. The van der Waals surface area contributed by atoms with Crippen LogP contribution in [0, 0.1) is 0 Å². The minimum Gasteiger partial charge on any atom is -0.388 e. The second-order valence-electron chi connectivity index (χ2n) is 8.94. The van der Waals surface area contributed by atoms with E-state index in [4.69, 9.17) is 0 Å². The lowest BCUT2D eigenvalue weighted by Gasteiger charge is -2.38. The molecular formula is C22H27N5O2. The minimum atomic E-state index is -0.842. The molecule has 1 N–H and O–H groups in total. The van der Waals surface area contributed by atoms with Crippen LogP contribution in [0.3, 0.4) is 0 Å². The molecule has 0 aliphatic carbocycles. The van der Waals surface area contributed by atoms with Gasteiger partial charge in [0.15, 0.2) is 0 Å². The maximum absolute atomic E-state index is 12.8. The van der Waals surface area contributed by atoms with Gasteiger partial charge in [-0.2, -0.15) is 0 Å². The van der Waals surface area contributed by atoms with Gasteiger partial charge in [-0.25, -0.2) is 9.97 Å². The predicted octanol–water partition coefficient (Wildman–Crippen LogP) is 2.79. The van der Waals surface area contributed by atoms with Gasteiger partial charge in [-0.3, -0.25) is 9.78 Å². The summed E-state index contributed by atoms with van der Waals surface area (Å²) in [5.41, 5.74) is 0.508. The normalized spacial score (nSPS) is 16.9. The summed E-state index contributed by atoms with van der Waals surface area (Å²) < 4.78 is 2.04. The number of pyridine rings is 1. The third kappa shape index (κ3) is 4.00. The molecule has 152 valence electrons. The second-order valence-corrected chi connectivity index (χ2v) is 8.94. The zero-order valence-corrected chi connectivity index (χ0v) is 17.2. The molecule has 0 spiro atoms. The van der Waals surface area contributed by atoms with E-state index < -0.39 is 5.60 Å². The number of carbonyl (C=O) groups excluding carboxylic acids is 1. The first kappa shape index (κ1) is 19.5. The first-order valence-electron chi connectivity index (χ1n) is 9.98. The average molecular weight is 393 g/mol. The Morgan fingerprint density at radius 3 is 2.48 bits per heavy atom. The van der Waals surface area contributed by atoms with Gasteiger partial charge < -0.3 is 14.6 Å². The molecule has 0 saturated carbocycles. The second kappa shape index (κ2) is 7.22. The van der Waals surface area contributed by atoms with Crippen LogP contribution in [0.2, 0.25) is 0 Å². The topological polar surface area (TPSA) is 84.1 Å². The van der Waals surface area contributed by atoms with Crippen molar-refractivity contribution in [2.24, 2.45) is 0 Å². The number of carbonyl (C=O) groups is 1. The van der Waals surface area contributed by atoms with Crippen molar-refractivity contribution in [1.29, 1.82) is 0 Å². The largest absolute Gasteiger partial charge is 0.388 e. The maximum atomic E-state index is 12.8. The summed E-state index contributed by atoms with van der Waals surface area (Å²) in [7, 11) is 0. The molecule has 0 radical (unpaired) electrons. The van der Waals surface area contributed by atoms with Crippen LogP contribution in [0.15, 0.2) is 43.1 Å². The molecule has 0 aromatic carbocycles. The quantitative estimate of drug-likeness (QED) is 0.740. The maximum Gasteiger partial charge on any atom is 0.256 e. The highest BCUT2D eigenvalue weighted by molar-refractivity contribution is 5.93. The van der Waals surface area contributed by atoms with Gasteiger partial charge in [-0.1, -0.05) is 20.8 Å². The van der Waals surface area contributed by atoms with Crippen molar-refractivity contribution in [3.05, 3.63) is 54.5 Å². The van der Waals surface area contributed by atoms with Gasteiger partial charge in [0, 0.05) is 48.7 Å². The van der Waals surface area contributed by atoms with Gasteiger partial charge >= 0.3 is 0 Å². The summed E-state index contributed by atoms with van der Waals surface area (Å²) in [6.07, 6.45) is 9.84. The van der Waals surface area contributed by atoms with Crippen LogP contribution in [0.25, 0.3) is 10.9 Å². The molecule has 1 amide bonds. The summed E-state index contributed by atoms with van der Waals surface area (Å²) in [4.78, 5) is 27.5. The van der Waals surface area contributed by atoms with Crippen molar-refractivity contribution in [2.45, 2.75) is 51.2 Å². The third-order valence-corrected chi connectivity index (χ3v) is 5.59. The van der Waals surface area contributed by atoms with Gasteiger partial charge in [-0.15, -0.1) is 0 Å². The van der Waals surface area contributed by atoms with Crippen molar-refractivity contribution in [3.8, 4) is 0 Å². The molecule has 1 aliphatic rings. The van der Waals surface area contributed by atoms with E-state index >= 15 is 0 Å². The fourth-order valence-electron chi connectivity index (χ4n) is 3.78. The Kier molecular flexibility index (Phi) is 4.86. The van der Waals surface area contributed by atoms with Gasteiger partial charge in [0.25, 0.3) is 5.91 Å². The summed E-state index contributed by atoms with van der Waals surface area (Å²) in [6.45, 7) is 7.63. The van der Waals surface area contributed by atoms with E-state index in [1.54, 1.807) is 23.5 Å². The molecule has 1 fully saturated rings. The summed E-state index contributed by atoms with van der Waals surface area (Å²) in [6, 6.07) is 3.99. The Morgan fingerprint density at radius 1 is 1.14 bits per heavy atom. The van der Waals surface area contributed by atoms with Gasteiger partial charge in [0.05, 0.1) is 29.4 Å². The highest BCUT2D eigenvalue weighted by atomic mass is 16.3. The minimum absolute atomic E-state index is 0.0804. The van der Waals surface area contributed by atoms with E-state index in [0.717, 1.165) is 16.7 Å². The Balaban J connectivity index is 1.41. The summed E-state index contributed by atoms with van der Waals surface area (Å²) in [5.74, 6) is 0.638. The number of hydrogen-bond donors (Lipinski definition) is 1. The van der Waals surface area contributed by atoms with Crippen LogP contribution < -0.4 is 0 Å². The Morgan fingerprint density at radius 2 is 1.83 bits per heavy atom.